The summed E-state index contributed by atoms with van der Waals surface area (Å²) in [7, 11) is -3.96. The van der Waals surface area contributed by atoms with Gasteiger partial charge in [0.1, 0.15) is 5.56 Å². The Balaban J connectivity index is 2.38. The van der Waals surface area contributed by atoms with E-state index in [0.717, 1.165) is 5.56 Å². The molecule has 0 bridgehead atoms. The van der Waals surface area contributed by atoms with Gasteiger partial charge < -0.3 is 4.52 Å². The van der Waals surface area contributed by atoms with E-state index in [0.29, 0.717) is 17.0 Å². The first-order valence-corrected chi connectivity index (χ1v) is 8.72. The van der Waals surface area contributed by atoms with E-state index in [1.165, 1.54) is 6.07 Å². The maximum absolute atomic E-state index is 12.5. The minimum atomic E-state index is -3.96. The third-order valence-electron chi connectivity index (χ3n) is 3.49. The zero-order valence-corrected chi connectivity index (χ0v) is 14.6. The van der Waals surface area contributed by atoms with E-state index in [2.05, 4.69) is 9.88 Å². The van der Waals surface area contributed by atoms with Gasteiger partial charge in [0, 0.05) is 5.92 Å². The molecule has 0 aliphatic carbocycles. The molecule has 0 unspecified atom stereocenters. The highest BCUT2D eigenvalue weighted by molar-refractivity contribution is 7.90. The smallest absolute Gasteiger partial charge is 0.270 e. The van der Waals surface area contributed by atoms with E-state index in [4.69, 9.17) is 4.52 Å². The number of rotatable bonds is 4. The van der Waals surface area contributed by atoms with Gasteiger partial charge in [-0.05, 0) is 32.4 Å². The Kier molecular flexibility index (Phi) is 4.61. The van der Waals surface area contributed by atoms with Gasteiger partial charge in [-0.15, -0.1) is 0 Å². The third kappa shape index (κ3) is 3.44. The Hall–Kier alpha value is -2.15. The monoisotopic (exact) mass is 336 g/mol. The standard InChI is InChI=1S/C16H20N2O4S/c1-9(2)15-14(12(5)17-22-15)16(19)18-23(20,21)13-7-6-10(3)8-11(13)4/h6-9H,1-5H3,(H,18,19). The third-order valence-corrected chi connectivity index (χ3v) is 4.98. The number of amides is 1. The van der Waals surface area contributed by atoms with Crippen LogP contribution in [0.5, 0.6) is 0 Å². The fourth-order valence-electron chi connectivity index (χ4n) is 2.39. The highest BCUT2D eigenvalue weighted by Crippen LogP contribution is 2.23. The lowest BCUT2D eigenvalue weighted by Crippen LogP contribution is -2.32. The summed E-state index contributed by atoms with van der Waals surface area (Å²) in [6.45, 7) is 8.85. The molecular formula is C16H20N2O4S. The topological polar surface area (TPSA) is 89.3 Å². The Morgan fingerprint density at radius 3 is 2.43 bits per heavy atom. The number of aromatic nitrogens is 1. The van der Waals surface area contributed by atoms with E-state index in [9.17, 15) is 13.2 Å². The van der Waals surface area contributed by atoms with Gasteiger partial charge in [-0.2, -0.15) is 0 Å². The summed E-state index contributed by atoms with van der Waals surface area (Å²) in [5.74, 6) is -0.441. The van der Waals surface area contributed by atoms with E-state index in [1.54, 1.807) is 26.0 Å². The SMILES string of the molecule is Cc1ccc(S(=O)(=O)NC(=O)c2c(C)noc2C(C)C)c(C)c1. The van der Waals surface area contributed by atoms with Crippen LogP contribution < -0.4 is 4.72 Å². The molecule has 1 aromatic heterocycles. The molecule has 0 saturated heterocycles. The van der Waals surface area contributed by atoms with E-state index >= 15 is 0 Å². The van der Waals surface area contributed by atoms with E-state index in [-0.39, 0.29) is 16.4 Å². The maximum atomic E-state index is 12.5. The van der Waals surface area contributed by atoms with Crippen molar-refractivity contribution in [2.75, 3.05) is 0 Å². The molecule has 2 rings (SSSR count). The van der Waals surface area contributed by atoms with Crippen molar-refractivity contribution >= 4 is 15.9 Å². The number of carbonyl (C=O) groups is 1. The molecule has 0 fully saturated rings. The van der Waals surface area contributed by atoms with Crippen molar-refractivity contribution in [2.24, 2.45) is 0 Å². The summed E-state index contributed by atoms with van der Waals surface area (Å²) >= 11 is 0. The number of hydrogen-bond acceptors (Lipinski definition) is 5. The molecule has 0 aliphatic heterocycles. The first-order chi connectivity index (χ1) is 10.6. The number of hydrogen-bond donors (Lipinski definition) is 1. The summed E-state index contributed by atoms with van der Waals surface area (Å²) in [4.78, 5) is 12.5. The second-order valence-electron chi connectivity index (χ2n) is 5.87. The van der Waals surface area contributed by atoms with Gasteiger partial charge in [-0.25, -0.2) is 13.1 Å². The summed E-state index contributed by atoms with van der Waals surface area (Å²) in [5, 5.41) is 3.76. The van der Waals surface area contributed by atoms with Crippen molar-refractivity contribution in [2.45, 2.75) is 45.4 Å². The average Bonchev–Trinajstić information content (AvgIpc) is 2.79. The molecule has 0 aliphatic rings. The second-order valence-corrected chi connectivity index (χ2v) is 7.52. The zero-order valence-electron chi connectivity index (χ0n) is 13.8. The van der Waals surface area contributed by atoms with Crippen LogP contribution in [0.25, 0.3) is 0 Å². The number of nitrogens with one attached hydrogen (secondary N) is 1. The fraction of sp³-hybridized carbons (Fsp3) is 0.375. The lowest BCUT2D eigenvalue weighted by molar-refractivity contribution is 0.0978. The van der Waals surface area contributed by atoms with Gasteiger partial charge in [0.05, 0.1) is 10.6 Å². The molecular weight excluding hydrogens is 316 g/mol. The first-order valence-electron chi connectivity index (χ1n) is 7.24. The number of nitrogens with zero attached hydrogens (tertiary/aromatic N) is 1. The van der Waals surface area contributed by atoms with Crippen molar-refractivity contribution in [3.63, 3.8) is 0 Å². The van der Waals surface area contributed by atoms with Crippen LogP contribution in [0.1, 0.15) is 52.7 Å². The summed E-state index contributed by atoms with van der Waals surface area (Å²) in [6, 6.07) is 4.93. The van der Waals surface area contributed by atoms with Crippen LogP contribution in [0, 0.1) is 20.8 Å². The van der Waals surface area contributed by atoms with Gasteiger partial charge in [-0.1, -0.05) is 36.7 Å². The molecule has 1 heterocycles. The number of aryl methyl sites for hydroxylation is 3. The van der Waals surface area contributed by atoms with Crippen molar-refractivity contribution in [3.05, 3.63) is 46.3 Å². The minimum Gasteiger partial charge on any atom is -0.360 e. The zero-order chi connectivity index (χ0) is 17.4. The van der Waals surface area contributed by atoms with Crippen molar-refractivity contribution in [1.29, 1.82) is 0 Å². The molecule has 6 nitrogen and oxygen atoms in total. The van der Waals surface area contributed by atoms with Gasteiger partial charge >= 0.3 is 0 Å². The van der Waals surface area contributed by atoms with Crippen LogP contribution in [-0.4, -0.2) is 19.5 Å². The predicted octanol–water partition coefficient (Wildman–Crippen LogP) is 2.84. The predicted molar refractivity (Wildman–Crippen MR) is 85.9 cm³/mol. The van der Waals surface area contributed by atoms with Gasteiger partial charge in [0.25, 0.3) is 15.9 Å². The molecule has 7 heteroatoms. The molecule has 0 radical (unpaired) electrons. The highest BCUT2D eigenvalue weighted by atomic mass is 32.2. The number of benzene rings is 1. The van der Waals surface area contributed by atoms with Crippen LogP contribution in [-0.2, 0) is 10.0 Å². The summed E-state index contributed by atoms with van der Waals surface area (Å²) in [6.07, 6.45) is 0. The minimum absolute atomic E-state index is 0.0802. The van der Waals surface area contributed by atoms with Gasteiger partial charge in [0.2, 0.25) is 0 Å². The molecule has 23 heavy (non-hydrogen) atoms. The summed E-state index contributed by atoms with van der Waals surface area (Å²) < 4.78 is 32.2. The first kappa shape index (κ1) is 17.2. The van der Waals surface area contributed by atoms with Crippen LogP contribution >= 0.6 is 0 Å². The van der Waals surface area contributed by atoms with Crippen molar-refractivity contribution in [3.8, 4) is 0 Å². The number of sulfonamides is 1. The van der Waals surface area contributed by atoms with Crippen LogP contribution in [0.15, 0.2) is 27.6 Å². The molecule has 1 amide bonds. The molecule has 1 aromatic carbocycles. The normalized spacial score (nSPS) is 11.7. The Bertz CT molecular complexity index is 851. The van der Waals surface area contributed by atoms with Crippen molar-refractivity contribution in [1.82, 2.24) is 9.88 Å². The van der Waals surface area contributed by atoms with Crippen LogP contribution in [0.2, 0.25) is 0 Å². The van der Waals surface area contributed by atoms with Crippen LogP contribution in [0.3, 0.4) is 0 Å². The second kappa shape index (κ2) is 6.16. The lowest BCUT2D eigenvalue weighted by Gasteiger charge is -2.10. The van der Waals surface area contributed by atoms with Gasteiger partial charge in [-0.3, -0.25) is 4.79 Å². The Morgan fingerprint density at radius 1 is 1.22 bits per heavy atom. The molecule has 2 aromatic rings. The Morgan fingerprint density at radius 2 is 1.87 bits per heavy atom. The summed E-state index contributed by atoms with van der Waals surface area (Å²) in [5.41, 5.74) is 2.07. The molecule has 124 valence electrons. The lowest BCUT2D eigenvalue weighted by atomic mass is 10.1. The molecule has 0 saturated carbocycles. The Labute approximate surface area is 135 Å². The highest BCUT2D eigenvalue weighted by Gasteiger charge is 2.27. The molecule has 1 N–H and O–H groups in total. The average molecular weight is 336 g/mol. The van der Waals surface area contributed by atoms with Crippen LogP contribution in [0.4, 0.5) is 0 Å². The fourth-order valence-corrected chi connectivity index (χ4v) is 3.57. The quantitative estimate of drug-likeness (QED) is 0.927. The van der Waals surface area contributed by atoms with E-state index < -0.39 is 15.9 Å². The van der Waals surface area contributed by atoms with E-state index in [1.807, 2.05) is 20.8 Å². The maximum Gasteiger partial charge on any atom is 0.270 e. The number of carbonyl (C=O) groups excluding carboxylic acids is 1. The van der Waals surface area contributed by atoms with Gasteiger partial charge in [0.15, 0.2) is 5.76 Å². The molecule has 0 atom stereocenters. The molecule has 0 spiro atoms. The largest absolute Gasteiger partial charge is 0.360 e. The van der Waals surface area contributed by atoms with Crippen molar-refractivity contribution < 1.29 is 17.7 Å².